The average molecular weight is 324 g/mol. The van der Waals surface area contributed by atoms with E-state index >= 15 is 0 Å². The number of thiazole rings is 1. The zero-order valence-corrected chi connectivity index (χ0v) is 13.3. The van der Waals surface area contributed by atoms with Crippen molar-refractivity contribution in [2.75, 3.05) is 7.11 Å². The molecule has 0 saturated heterocycles. The number of ether oxygens (including phenoxy) is 1. The minimum Gasteiger partial charge on any atom is -0.550 e. The number of methoxy groups -OCH3 is 1. The van der Waals surface area contributed by atoms with E-state index in [0.717, 1.165) is 21.5 Å². The number of rotatable bonds is 5. The van der Waals surface area contributed by atoms with E-state index in [4.69, 9.17) is 4.74 Å². The molecule has 1 heterocycles. The topological polar surface area (TPSA) is 62.2 Å². The van der Waals surface area contributed by atoms with Crippen LogP contribution in [-0.2, 0) is 4.79 Å². The Hall–Kier alpha value is -2.66. The van der Waals surface area contributed by atoms with Crippen molar-refractivity contribution < 1.29 is 14.6 Å². The summed E-state index contributed by atoms with van der Waals surface area (Å²) in [4.78, 5) is 15.6. The van der Waals surface area contributed by atoms with Gasteiger partial charge in [0, 0.05) is 12.4 Å². The second-order valence-corrected chi connectivity index (χ2v) is 6.01. The molecule has 0 bridgehead atoms. The van der Waals surface area contributed by atoms with Crippen molar-refractivity contribution in [1.82, 2.24) is 4.98 Å². The quantitative estimate of drug-likeness (QED) is 0.724. The lowest BCUT2D eigenvalue weighted by atomic mass is 10.1. The molecule has 0 saturated carbocycles. The zero-order chi connectivity index (χ0) is 16.2. The van der Waals surface area contributed by atoms with Gasteiger partial charge in [0.25, 0.3) is 0 Å². The van der Waals surface area contributed by atoms with Crippen LogP contribution in [0, 0.1) is 0 Å². The maximum Gasteiger partial charge on any atom is 0.120 e. The number of carbonyl (C=O) groups excluding carboxylic acids is 1. The van der Waals surface area contributed by atoms with Crippen LogP contribution in [0.25, 0.3) is 21.9 Å². The van der Waals surface area contributed by atoms with Crippen LogP contribution >= 0.6 is 11.3 Å². The van der Waals surface area contributed by atoms with Crippen molar-refractivity contribution in [1.29, 1.82) is 0 Å². The predicted molar refractivity (Wildman–Crippen MR) is 90.1 cm³/mol. The summed E-state index contributed by atoms with van der Waals surface area (Å²) in [7, 11) is 1.60. The first kappa shape index (κ1) is 15.2. The number of fused-ring (bicyclic) bond motifs is 1. The molecule has 0 atom stereocenters. The average Bonchev–Trinajstić information content (AvgIpc) is 2.98. The van der Waals surface area contributed by atoms with Crippen LogP contribution in [-0.4, -0.2) is 18.1 Å². The summed E-state index contributed by atoms with van der Waals surface area (Å²) < 4.78 is 6.23. The fraction of sp³-hybridized carbons (Fsp3) is 0.111. The number of hydrogen-bond donors (Lipinski definition) is 0. The first-order valence-corrected chi connectivity index (χ1v) is 7.88. The maximum atomic E-state index is 11.1. The van der Waals surface area contributed by atoms with Crippen LogP contribution < -0.4 is 9.84 Å². The first-order chi connectivity index (χ1) is 11.2. The molecule has 3 aromatic rings. The molecule has 2 aromatic carbocycles. The molecule has 0 amide bonds. The highest BCUT2D eigenvalue weighted by molar-refractivity contribution is 7.19. The molecule has 0 fully saturated rings. The molecule has 116 valence electrons. The number of para-hydroxylation sites is 1. The van der Waals surface area contributed by atoms with Crippen LogP contribution in [0.15, 0.2) is 48.5 Å². The molecular formula is C18H14NO3S-. The summed E-state index contributed by atoms with van der Waals surface area (Å²) in [6, 6.07) is 15.2. The first-order valence-electron chi connectivity index (χ1n) is 7.06. The molecule has 0 radical (unpaired) electrons. The third kappa shape index (κ3) is 3.57. The lowest BCUT2D eigenvalue weighted by Gasteiger charge is -2.06. The van der Waals surface area contributed by atoms with Crippen LogP contribution in [0.5, 0.6) is 5.75 Å². The molecule has 0 aliphatic carbocycles. The number of carboxylic acid groups (broad SMARTS) is 1. The van der Waals surface area contributed by atoms with E-state index < -0.39 is 5.97 Å². The number of aliphatic carboxylic acids is 1. The molecule has 23 heavy (non-hydrogen) atoms. The minimum absolute atomic E-state index is 0.184. The maximum absolute atomic E-state index is 11.1. The van der Waals surface area contributed by atoms with Crippen molar-refractivity contribution in [3.05, 3.63) is 59.1 Å². The highest BCUT2D eigenvalue weighted by Gasteiger charge is 2.10. The van der Waals surface area contributed by atoms with Gasteiger partial charge in [-0.1, -0.05) is 24.3 Å². The largest absolute Gasteiger partial charge is 0.550 e. The zero-order valence-electron chi connectivity index (χ0n) is 12.5. The Morgan fingerprint density at radius 2 is 2.09 bits per heavy atom. The summed E-state index contributed by atoms with van der Waals surface area (Å²) in [6.45, 7) is 0. The van der Waals surface area contributed by atoms with Crippen molar-refractivity contribution in [2.24, 2.45) is 0 Å². The van der Waals surface area contributed by atoms with Gasteiger partial charge in [0.15, 0.2) is 0 Å². The van der Waals surface area contributed by atoms with Gasteiger partial charge < -0.3 is 14.6 Å². The van der Waals surface area contributed by atoms with Crippen molar-refractivity contribution in [3.8, 4) is 5.75 Å². The summed E-state index contributed by atoms with van der Waals surface area (Å²) in [5.41, 5.74) is 2.35. The molecule has 3 rings (SSSR count). The van der Waals surface area contributed by atoms with Crippen LogP contribution in [0.4, 0.5) is 0 Å². The molecular weight excluding hydrogens is 310 g/mol. The fourth-order valence-corrected chi connectivity index (χ4v) is 3.27. The van der Waals surface area contributed by atoms with E-state index in [0.29, 0.717) is 10.6 Å². The molecule has 0 N–H and O–H groups in total. The van der Waals surface area contributed by atoms with Crippen molar-refractivity contribution >= 4 is 39.2 Å². The highest BCUT2D eigenvalue weighted by Crippen LogP contribution is 2.30. The lowest BCUT2D eigenvalue weighted by Crippen LogP contribution is -2.22. The smallest absolute Gasteiger partial charge is 0.120 e. The summed E-state index contributed by atoms with van der Waals surface area (Å²) >= 11 is 1.47. The summed E-state index contributed by atoms with van der Waals surface area (Å²) in [6.07, 6.45) is 1.63. The van der Waals surface area contributed by atoms with Gasteiger partial charge in [-0.3, -0.25) is 0 Å². The Bertz CT molecular complexity index is 850. The molecule has 0 unspecified atom stereocenters. The fourth-order valence-electron chi connectivity index (χ4n) is 2.29. The van der Waals surface area contributed by atoms with E-state index in [1.807, 2.05) is 54.6 Å². The van der Waals surface area contributed by atoms with Gasteiger partial charge in [0.05, 0.1) is 17.3 Å². The normalized spacial score (nSPS) is 11.6. The highest BCUT2D eigenvalue weighted by atomic mass is 32.1. The summed E-state index contributed by atoms with van der Waals surface area (Å²) in [5.74, 6) is -0.408. The molecule has 1 aromatic heterocycles. The van der Waals surface area contributed by atoms with Gasteiger partial charge in [-0.05, 0) is 41.5 Å². The van der Waals surface area contributed by atoms with Gasteiger partial charge in [0.1, 0.15) is 10.8 Å². The molecule has 0 aliphatic heterocycles. The Balaban J connectivity index is 2.05. The third-order valence-corrected chi connectivity index (χ3v) is 4.45. The van der Waals surface area contributed by atoms with Gasteiger partial charge in [0.2, 0.25) is 0 Å². The van der Waals surface area contributed by atoms with Crippen LogP contribution in [0.3, 0.4) is 0 Å². The van der Waals surface area contributed by atoms with E-state index in [-0.39, 0.29) is 6.42 Å². The van der Waals surface area contributed by atoms with E-state index in [2.05, 4.69) is 4.98 Å². The van der Waals surface area contributed by atoms with Crippen LogP contribution in [0.1, 0.15) is 17.0 Å². The second kappa shape index (κ2) is 6.62. The number of benzene rings is 2. The van der Waals surface area contributed by atoms with Gasteiger partial charge in [-0.15, -0.1) is 11.3 Å². The van der Waals surface area contributed by atoms with Gasteiger partial charge >= 0.3 is 0 Å². The van der Waals surface area contributed by atoms with E-state index in [9.17, 15) is 9.90 Å². The van der Waals surface area contributed by atoms with Crippen molar-refractivity contribution in [2.45, 2.75) is 6.42 Å². The van der Waals surface area contributed by atoms with Crippen molar-refractivity contribution in [3.63, 3.8) is 0 Å². The minimum atomic E-state index is -1.13. The molecule has 4 nitrogen and oxygen atoms in total. The van der Waals surface area contributed by atoms with E-state index in [1.54, 1.807) is 7.11 Å². The Morgan fingerprint density at radius 1 is 1.26 bits per heavy atom. The summed E-state index contributed by atoms with van der Waals surface area (Å²) in [5, 5.41) is 11.8. The van der Waals surface area contributed by atoms with Crippen LogP contribution in [0.2, 0.25) is 0 Å². The van der Waals surface area contributed by atoms with Gasteiger partial charge in [-0.25, -0.2) is 4.98 Å². The monoisotopic (exact) mass is 324 g/mol. The van der Waals surface area contributed by atoms with E-state index in [1.165, 1.54) is 11.3 Å². The Morgan fingerprint density at radius 3 is 2.83 bits per heavy atom. The van der Waals surface area contributed by atoms with Gasteiger partial charge in [-0.2, -0.15) is 0 Å². The third-order valence-electron chi connectivity index (χ3n) is 3.34. The standard InChI is InChI=1S/C18H15NO3S/c1-22-14-6-4-5-12(10-14)9-13(11-17(20)21)18-19-15-7-2-3-8-16(15)23-18/h2-10H,11H2,1H3,(H,20,21)/p-1/b13-9+. The lowest BCUT2D eigenvalue weighted by molar-refractivity contribution is -0.304. The second-order valence-electron chi connectivity index (χ2n) is 4.98. The number of hydrogen-bond acceptors (Lipinski definition) is 5. The molecule has 5 heteroatoms. The number of aromatic nitrogens is 1. The molecule has 0 spiro atoms. The Kier molecular flexibility index (Phi) is 4.39. The number of nitrogens with zero attached hydrogens (tertiary/aromatic N) is 1. The number of carboxylic acids is 1. The SMILES string of the molecule is COc1cccc(/C=C(\CC(=O)[O-])c2nc3ccccc3s2)c1. The predicted octanol–water partition coefficient (Wildman–Crippen LogP) is 2.99. The Labute approximate surface area is 137 Å². The number of carbonyl (C=O) groups is 1. The molecule has 0 aliphatic rings.